The fraction of sp³-hybridized carbons (Fsp3) is 0.261. The van der Waals surface area contributed by atoms with Gasteiger partial charge in [0.05, 0.1) is 0 Å². The lowest BCUT2D eigenvalue weighted by molar-refractivity contribution is 0.0934. The summed E-state index contributed by atoms with van der Waals surface area (Å²) in [5.41, 5.74) is 4.83. The van der Waals surface area contributed by atoms with Crippen LogP contribution in [0, 0.1) is 6.92 Å². The van der Waals surface area contributed by atoms with Crippen molar-refractivity contribution >= 4 is 16.7 Å². The standard InChI is InChI=1S/C23H24N2O/c1-16-7-8-20-15-25(2)22(13-21(20)11-16)14-24-23(26)19-10-9-17-5-3-4-6-18(17)12-19/h3-12,22H,13-15H2,1-2H3,(H,24,26)/t22-/m1/s1. The highest BCUT2D eigenvalue weighted by atomic mass is 16.1. The summed E-state index contributed by atoms with van der Waals surface area (Å²) in [6.45, 7) is 3.73. The molecule has 0 aromatic heterocycles. The topological polar surface area (TPSA) is 32.3 Å². The Bertz CT molecular complexity index is 963. The van der Waals surface area contributed by atoms with Gasteiger partial charge in [0.25, 0.3) is 5.91 Å². The largest absolute Gasteiger partial charge is 0.350 e. The van der Waals surface area contributed by atoms with Crippen LogP contribution in [0.5, 0.6) is 0 Å². The van der Waals surface area contributed by atoms with Crippen LogP contribution in [0.3, 0.4) is 0 Å². The molecule has 0 saturated carbocycles. The van der Waals surface area contributed by atoms with Crippen LogP contribution in [-0.4, -0.2) is 30.4 Å². The van der Waals surface area contributed by atoms with E-state index in [-0.39, 0.29) is 5.91 Å². The molecule has 1 heterocycles. The maximum atomic E-state index is 12.6. The molecule has 1 amide bonds. The van der Waals surface area contributed by atoms with Gasteiger partial charge >= 0.3 is 0 Å². The van der Waals surface area contributed by atoms with Gasteiger partial charge in [0.2, 0.25) is 0 Å². The van der Waals surface area contributed by atoms with Gasteiger partial charge in [0, 0.05) is 24.7 Å². The molecule has 0 spiro atoms. The van der Waals surface area contributed by atoms with Gasteiger partial charge < -0.3 is 5.32 Å². The number of aryl methyl sites for hydroxylation is 1. The molecule has 3 aromatic carbocycles. The molecule has 26 heavy (non-hydrogen) atoms. The molecule has 0 bridgehead atoms. The van der Waals surface area contributed by atoms with Crippen LogP contribution < -0.4 is 5.32 Å². The van der Waals surface area contributed by atoms with Gasteiger partial charge in [-0.3, -0.25) is 9.69 Å². The minimum absolute atomic E-state index is 0.000748. The van der Waals surface area contributed by atoms with E-state index >= 15 is 0 Å². The first-order valence-corrected chi connectivity index (χ1v) is 9.16. The maximum absolute atomic E-state index is 12.6. The van der Waals surface area contributed by atoms with Crippen LogP contribution in [0.2, 0.25) is 0 Å². The normalized spacial score (nSPS) is 17.1. The number of rotatable bonds is 3. The number of carbonyl (C=O) groups is 1. The predicted molar refractivity (Wildman–Crippen MR) is 106 cm³/mol. The number of benzene rings is 3. The van der Waals surface area contributed by atoms with Crippen LogP contribution in [-0.2, 0) is 13.0 Å². The molecule has 0 radical (unpaired) electrons. The van der Waals surface area contributed by atoms with Crippen LogP contribution >= 0.6 is 0 Å². The summed E-state index contributed by atoms with van der Waals surface area (Å²) in [6, 6.07) is 21.0. The number of carbonyl (C=O) groups excluding carboxylic acids is 1. The first-order valence-electron chi connectivity index (χ1n) is 9.16. The number of nitrogens with one attached hydrogen (secondary N) is 1. The SMILES string of the molecule is Cc1ccc2c(c1)C[C@H](CNC(=O)c1ccc3ccccc3c1)N(C)C2. The van der Waals surface area contributed by atoms with Crippen LogP contribution in [0.15, 0.2) is 60.7 Å². The highest BCUT2D eigenvalue weighted by Gasteiger charge is 2.23. The van der Waals surface area contributed by atoms with Crippen molar-refractivity contribution in [2.75, 3.05) is 13.6 Å². The van der Waals surface area contributed by atoms with Crippen molar-refractivity contribution in [1.29, 1.82) is 0 Å². The molecule has 0 unspecified atom stereocenters. The zero-order chi connectivity index (χ0) is 18.1. The van der Waals surface area contributed by atoms with Gasteiger partial charge in [-0.25, -0.2) is 0 Å². The Balaban J connectivity index is 1.45. The average molecular weight is 344 g/mol. The molecule has 3 nitrogen and oxygen atoms in total. The van der Waals surface area contributed by atoms with Crippen LogP contribution in [0.1, 0.15) is 27.0 Å². The predicted octanol–water partition coefficient (Wildman–Crippen LogP) is 3.93. The Kier molecular flexibility index (Phi) is 4.48. The molecule has 1 atom stereocenters. The Labute approximate surface area is 154 Å². The molecule has 0 saturated heterocycles. The Morgan fingerprint density at radius 2 is 1.85 bits per heavy atom. The zero-order valence-electron chi connectivity index (χ0n) is 15.3. The van der Waals surface area contributed by atoms with E-state index < -0.39 is 0 Å². The number of hydrogen-bond donors (Lipinski definition) is 1. The second-order valence-corrected chi connectivity index (χ2v) is 7.32. The quantitative estimate of drug-likeness (QED) is 0.781. The molecule has 0 fully saturated rings. The number of hydrogen-bond acceptors (Lipinski definition) is 2. The highest BCUT2D eigenvalue weighted by molar-refractivity contribution is 5.98. The van der Waals surface area contributed by atoms with Gasteiger partial charge in [-0.2, -0.15) is 0 Å². The Morgan fingerprint density at radius 1 is 1.04 bits per heavy atom. The van der Waals surface area contributed by atoms with Crippen molar-refractivity contribution in [2.45, 2.75) is 25.9 Å². The third kappa shape index (κ3) is 3.35. The lowest BCUT2D eigenvalue weighted by Crippen LogP contribution is -2.45. The van der Waals surface area contributed by atoms with Crippen molar-refractivity contribution < 1.29 is 4.79 Å². The fourth-order valence-electron chi connectivity index (χ4n) is 3.78. The van der Waals surface area contributed by atoms with Crippen molar-refractivity contribution in [3.63, 3.8) is 0 Å². The summed E-state index contributed by atoms with van der Waals surface area (Å²) in [5.74, 6) is -0.000748. The van der Waals surface area contributed by atoms with E-state index in [1.54, 1.807) is 0 Å². The summed E-state index contributed by atoms with van der Waals surface area (Å²) in [5, 5.41) is 5.38. The lowest BCUT2D eigenvalue weighted by atomic mass is 9.93. The van der Waals surface area contributed by atoms with E-state index in [1.807, 2.05) is 36.4 Å². The van der Waals surface area contributed by atoms with E-state index in [1.165, 1.54) is 16.7 Å². The van der Waals surface area contributed by atoms with Crippen molar-refractivity contribution in [3.05, 3.63) is 82.9 Å². The molecule has 132 valence electrons. The van der Waals surface area contributed by atoms with Gasteiger partial charge in [-0.1, -0.05) is 54.1 Å². The second-order valence-electron chi connectivity index (χ2n) is 7.32. The number of likely N-dealkylation sites (N-methyl/N-ethyl adjacent to an activating group) is 1. The smallest absolute Gasteiger partial charge is 0.251 e. The van der Waals surface area contributed by atoms with E-state index in [0.29, 0.717) is 12.6 Å². The summed E-state index contributed by atoms with van der Waals surface area (Å²) in [7, 11) is 2.13. The molecular formula is C23H24N2O. The highest BCUT2D eigenvalue weighted by Crippen LogP contribution is 2.23. The lowest BCUT2D eigenvalue weighted by Gasteiger charge is -2.34. The molecule has 3 aromatic rings. The van der Waals surface area contributed by atoms with E-state index in [4.69, 9.17) is 0 Å². The van der Waals surface area contributed by atoms with E-state index in [9.17, 15) is 4.79 Å². The first-order chi connectivity index (χ1) is 12.6. The molecule has 0 aliphatic carbocycles. The number of fused-ring (bicyclic) bond motifs is 2. The molecule has 1 aliphatic heterocycles. The average Bonchev–Trinajstić information content (AvgIpc) is 2.66. The zero-order valence-corrected chi connectivity index (χ0v) is 15.3. The third-order valence-corrected chi connectivity index (χ3v) is 5.37. The van der Waals surface area contributed by atoms with E-state index in [0.717, 1.165) is 29.3 Å². The summed E-state index contributed by atoms with van der Waals surface area (Å²) < 4.78 is 0. The molecule has 4 rings (SSSR count). The number of nitrogens with zero attached hydrogens (tertiary/aromatic N) is 1. The van der Waals surface area contributed by atoms with Crippen molar-refractivity contribution in [1.82, 2.24) is 10.2 Å². The monoisotopic (exact) mass is 344 g/mol. The van der Waals surface area contributed by atoms with Gasteiger partial charge in [-0.05, 0) is 54.4 Å². The van der Waals surface area contributed by atoms with Crippen LogP contribution in [0.4, 0.5) is 0 Å². The first kappa shape index (κ1) is 16.8. The molecule has 3 heteroatoms. The van der Waals surface area contributed by atoms with Gasteiger partial charge in [0.15, 0.2) is 0 Å². The van der Waals surface area contributed by atoms with Crippen molar-refractivity contribution in [3.8, 4) is 0 Å². The summed E-state index contributed by atoms with van der Waals surface area (Å²) in [4.78, 5) is 14.9. The Hall–Kier alpha value is -2.65. The molecular weight excluding hydrogens is 320 g/mol. The third-order valence-electron chi connectivity index (χ3n) is 5.37. The molecule has 1 N–H and O–H groups in total. The Morgan fingerprint density at radius 3 is 2.69 bits per heavy atom. The van der Waals surface area contributed by atoms with Gasteiger partial charge in [-0.15, -0.1) is 0 Å². The minimum Gasteiger partial charge on any atom is -0.350 e. The fourth-order valence-corrected chi connectivity index (χ4v) is 3.78. The number of amides is 1. The van der Waals surface area contributed by atoms with E-state index in [2.05, 4.69) is 48.5 Å². The summed E-state index contributed by atoms with van der Waals surface area (Å²) in [6.07, 6.45) is 0.978. The van der Waals surface area contributed by atoms with Crippen LogP contribution in [0.25, 0.3) is 10.8 Å². The second kappa shape index (κ2) is 6.93. The molecule has 1 aliphatic rings. The van der Waals surface area contributed by atoms with Gasteiger partial charge in [0.1, 0.15) is 0 Å². The summed E-state index contributed by atoms with van der Waals surface area (Å²) >= 11 is 0. The maximum Gasteiger partial charge on any atom is 0.251 e. The van der Waals surface area contributed by atoms with Crippen molar-refractivity contribution in [2.24, 2.45) is 0 Å². The minimum atomic E-state index is -0.000748.